The Bertz CT molecular complexity index is 634. The molecule has 110 valence electrons. The quantitative estimate of drug-likeness (QED) is 0.884. The van der Waals surface area contributed by atoms with Crippen molar-refractivity contribution in [2.45, 2.75) is 19.3 Å². The lowest BCUT2D eigenvalue weighted by Gasteiger charge is -2.36. The summed E-state index contributed by atoms with van der Waals surface area (Å²) in [5.41, 5.74) is 11.0. The molecule has 1 aromatic carbocycles. The van der Waals surface area contributed by atoms with Gasteiger partial charge in [0.25, 0.3) is 0 Å². The summed E-state index contributed by atoms with van der Waals surface area (Å²) in [4.78, 5) is 23.4. The van der Waals surface area contributed by atoms with Crippen molar-refractivity contribution in [3.63, 3.8) is 0 Å². The summed E-state index contributed by atoms with van der Waals surface area (Å²) in [6.45, 7) is 1.83. The zero-order chi connectivity index (χ0) is 15.6. The van der Waals surface area contributed by atoms with Crippen LogP contribution in [0.5, 0.6) is 0 Å². The number of rotatable bonds is 4. The molecule has 21 heavy (non-hydrogen) atoms. The van der Waals surface area contributed by atoms with Crippen molar-refractivity contribution in [3.05, 3.63) is 59.4 Å². The van der Waals surface area contributed by atoms with Gasteiger partial charge < -0.3 is 11.5 Å². The minimum absolute atomic E-state index is 0.146. The third-order valence-electron chi connectivity index (χ3n) is 4.09. The summed E-state index contributed by atoms with van der Waals surface area (Å²) in [5, 5.41) is 0. The van der Waals surface area contributed by atoms with Crippen molar-refractivity contribution in [1.82, 2.24) is 0 Å². The van der Waals surface area contributed by atoms with Gasteiger partial charge in [0.1, 0.15) is 5.82 Å². The van der Waals surface area contributed by atoms with Crippen molar-refractivity contribution in [1.29, 1.82) is 0 Å². The van der Waals surface area contributed by atoms with Crippen molar-refractivity contribution in [2.75, 3.05) is 0 Å². The Balaban J connectivity index is 2.42. The van der Waals surface area contributed by atoms with Crippen LogP contribution in [0, 0.1) is 11.2 Å². The molecule has 0 spiro atoms. The Hall–Kier alpha value is -2.43. The highest BCUT2D eigenvalue weighted by atomic mass is 19.1. The van der Waals surface area contributed by atoms with Crippen molar-refractivity contribution in [2.24, 2.45) is 16.9 Å². The number of carbonyl (C=O) groups excluding carboxylic acids is 2. The van der Waals surface area contributed by atoms with E-state index in [0.717, 1.165) is 5.56 Å². The van der Waals surface area contributed by atoms with Crippen LogP contribution in [-0.2, 0) is 9.59 Å². The Morgan fingerprint density at radius 3 is 2.38 bits per heavy atom. The molecular formula is C16H17FN2O2. The number of benzene rings is 1. The topological polar surface area (TPSA) is 86.2 Å². The third kappa shape index (κ3) is 2.72. The van der Waals surface area contributed by atoms with Gasteiger partial charge in [0.2, 0.25) is 11.8 Å². The molecule has 2 atom stereocenters. The summed E-state index contributed by atoms with van der Waals surface area (Å²) < 4.78 is 13.0. The van der Waals surface area contributed by atoms with Crippen LogP contribution in [0.4, 0.5) is 4.39 Å². The zero-order valence-corrected chi connectivity index (χ0v) is 11.7. The standard InChI is InChI=1S/C16H17FN2O2/c1-10(11-4-6-13(17)7-5-11)16(15(19)21)8-2-3-12(9-16)14(18)20/h2-8,10H,9H2,1H3,(H2,18,20)(H2,19,21). The monoisotopic (exact) mass is 288 g/mol. The Morgan fingerprint density at radius 1 is 1.24 bits per heavy atom. The molecular weight excluding hydrogens is 271 g/mol. The van der Waals surface area contributed by atoms with Gasteiger partial charge in [-0.2, -0.15) is 0 Å². The molecule has 1 aliphatic carbocycles. The number of primary amides is 2. The first-order valence-electron chi connectivity index (χ1n) is 6.60. The highest BCUT2D eigenvalue weighted by Gasteiger charge is 2.42. The minimum Gasteiger partial charge on any atom is -0.369 e. The van der Waals surface area contributed by atoms with E-state index in [4.69, 9.17) is 11.5 Å². The molecule has 0 aromatic heterocycles. The summed E-state index contributed by atoms with van der Waals surface area (Å²) in [5.74, 6) is -1.77. The first-order valence-corrected chi connectivity index (χ1v) is 6.60. The molecule has 2 amide bonds. The maximum atomic E-state index is 13.0. The van der Waals surface area contributed by atoms with Gasteiger partial charge in [0.15, 0.2) is 0 Å². The van der Waals surface area contributed by atoms with Crippen LogP contribution < -0.4 is 11.5 Å². The van der Waals surface area contributed by atoms with Crippen LogP contribution in [0.15, 0.2) is 48.1 Å². The van der Waals surface area contributed by atoms with E-state index in [1.807, 2.05) is 6.92 Å². The second kappa shape index (κ2) is 5.52. The smallest absolute Gasteiger partial charge is 0.244 e. The van der Waals surface area contributed by atoms with Crippen molar-refractivity contribution in [3.8, 4) is 0 Å². The fraction of sp³-hybridized carbons (Fsp3) is 0.250. The SMILES string of the molecule is CC(c1ccc(F)cc1)C1(C(N)=O)C=CC=C(C(N)=O)C1. The van der Waals surface area contributed by atoms with E-state index in [-0.39, 0.29) is 18.2 Å². The molecule has 5 heteroatoms. The first kappa shape index (κ1) is 15.0. The molecule has 0 saturated carbocycles. The van der Waals surface area contributed by atoms with Crippen molar-refractivity contribution >= 4 is 11.8 Å². The molecule has 1 aliphatic rings. The average molecular weight is 288 g/mol. The van der Waals surface area contributed by atoms with E-state index >= 15 is 0 Å². The maximum Gasteiger partial charge on any atom is 0.244 e. The molecule has 0 saturated heterocycles. The van der Waals surface area contributed by atoms with E-state index in [1.54, 1.807) is 30.4 Å². The molecule has 1 aromatic rings. The van der Waals surface area contributed by atoms with Crippen LogP contribution in [0.1, 0.15) is 24.8 Å². The van der Waals surface area contributed by atoms with Gasteiger partial charge in [-0.05, 0) is 30.0 Å². The van der Waals surface area contributed by atoms with E-state index < -0.39 is 17.2 Å². The number of amides is 2. The largest absolute Gasteiger partial charge is 0.369 e. The van der Waals surface area contributed by atoms with Gasteiger partial charge in [-0.15, -0.1) is 0 Å². The van der Waals surface area contributed by atoms with E-state index in [1.165, 1.54) is 12.1 Å². The second-order valence-electron chi connectivity index (χ2n) is 5.27. The van der Waals surface area contributed by atoms with E-state index in [9.17, 15) is 14.0 Å². The summed E-state index contributed by atoms with van der Waals surface area (Å²) >= 11 is 0. The summed E-state index contributed by atoms with van der Waals surface area (Å²) in [6.07, 6.45) is 5.04. The average Bonchev–Trinajstić information content (AvgIpc) is 2.47. The number of allylic oxidation sites excluding steroid dienone is 2. The van der Waals surface area contributed by atoms with Crippen LogP contribution >= 0.6 is 0 Å². The fourth-order valence-electron chi connectivity index (χ4n) is 2.67. The maximum absolute atomic E-state index is 13.0. The normalized spacial score (nSPS) is 22.5. The van der Waals surface area contributed by atoms with Crippen LogP contribution in [0.25, 0.3) is 0 Å². The second-order valence-corrected chi connectivity index (χ2v) is 5.27. The molecule has 0 fully saturated rings. The Morgan fingerprint density at radius 2 is 1.86 bits per heavy atom. The molecule has 0 bridgehead atoms. The highest BCUT2D eigenvalue weighted by molar-refractivity contribution is 5.95. The first-order chi connectivity index (χ1) is 9.86. The van der Waals surface area contributed by atoms with Crippen molar-refractivity contribution < 1.29 is 14.0 Å². The molecule has 4 nitrogen and oxygen atoms in total. The highest BCUT2D eigenvalue weighted by Crippen LogP contribution is 2.44. The number of halogens is 1. The van der Waals surface area contributed by atoms with Crippen LogP contribution in [0.2, 0.25) is 0 Å². The predicted octanol–water partition coefficient (Wildman–Crippen LogP) is 1.77. The van der Waals surface area contributed by atoms with Gasteiger partial charge in [-0.3, -0.25) is 9.59 Å². The lowest BCUT2D eigenvalue weighted by molar-refractivity contribution is -0.126. The Labute approximate surface area is 122 Å². The van der Waals surface area contributed by atoms with Gasteiger partial charge in [0, 0.05) is 5.57 Å². The lowest BCUT2D eigenvalue weighted by Crippen LogP contribution is -2.42. The number of hydrogen-bond donors (Lipinski definition) is 2. The Kier molecular flexibility index (Phi) is 3.93. The summed E-state index contributed by atoms with van der Waals surface area (Å²) in [7, 11) is 0. The van der Waals surface area contributed by atoms with Gasteiger partial charge >= 0.3 is 0 Å². The summed E-state index contributed by atoms with van der Waals surface area (Å²) in [6, 6.07) is 5.89. The predicted molar refractivity (Wildman–Crippen MR) is 77.5 cm³/mol. The molecule has 2 rings (SSSR count). The molecule has 2 unspecified atom stereocenters. The molecule has 0 radical (unpaired) electrons. The van der Waals surface area contributed by atoms with Gasteiger partial charge in [0.05, 0.1) is 5.41 Å². The lowest BCUT2D eigenvalue weighted by atomic mass is 9.66. The van der Waals surface area contributed by atoms with Gasteiger partial charge in [-0.25, -0.2) is 4.39 Å². The number of carbonyl (C=O) groups is 2. The molecule has 4 N–H and O–H groups in total. The molecule has 0 aliphatic heterocycles. The third-order valence-corrected chi connectivity index (χ3v) is 4.09. The number of hydrogen-bond acceptors (Lipinski definition) is 2. The zero-order valence-electron chi connectivity index (χ0n) is 11.7. The fourth-order valence-corrected chi connectivity index (χ4v) is 2.67. The number of nitrogens with two attached hydrogens (primary N) is 2. The van der Waals surface area contributed by atoms with Gasteiger partial charge in [-0.1, -0.05) is 37.3 Å². The minimum atomic E-state index is -1.04. The van der Waals surface area contributed by atoms with Crippen LogP contribution in [0.3, 0.4) is 0 Å². The molecule has 0 heterocycles. The van der Waals surface area contributed by atoms with E-state index in [0.29, 0.717) is 5.57 Å². The van der Waals surface area contributed by atoms with Crippen LogP contribution in [-0.4, -0.2) is 11.8 Å². The van der Waals surface area contributed by atoms with E-state index in [2.05, 4.69) is 0 Å².